The van der Waals surface area contributed by atoms with E-state index in [1.165, 1.54) is 36.7 Å². The van der Waals surface area contributed by atoms with Crippen molar-refractivity contribution in [2.24, 2.45) is 5.41 Å². The summed E-state index contributed by atoms with van der Waals surface area (Å²) in [6, 6.07) is 17.4. The molecule has 0 amide bonds. The van der Waals surface area contributed by atoms with Gasteiger partial charge in [0.1, 0.15) is 23.4 Å². The van der Waals surface area contributed by atoms with E-state index in [-0.39, 0.29) is 31.7 Å². The molecule has 0 saturated carbocycles. The van der Waals surface area contributed by atoms with Gasteiger partial charge in [-0.3, -0.25) is 9.32 Å². The van der Waals surface area contributed by atoms with Crippen LogP contribution in [-0.4, -0.2) is 67.0 Å². The number of nitrogens with one attached hydrogen (secondary N) is 1. The number of fused-ring (bicyclic) bond motifs is 1. The van der Waals surface area contributed by atoms with Gasteiger partial charge in [0.2, 0.25) is 0 Å². The van der Waals surface area contributed by atoms with Crippen LogP contribution in [0.1, 0.15) is 32.8 Å². The Bertz CT molecular complexity index is 1980. The number of ether oxygens (including phenoxy) is 1. The molecular weight excluding hydrogens is 777 g/mol. The summed E-state index contributed by atoms with van der Waals surface area (Å²) < 4.78 is 66.4. The minimum Gasteiger partial charge on any atom is -0.464 e. The minimum absolute atomic E-state index is 0.0405. The molecule has 7 N–H and O–H groups in total. The van der Waals surface area contributed by atoms with Crippen LogP contribution in [0.25, 0.3) is 11.0 Å². The number of phosphoric ester groups is 1. The van der Waals surface area contributed by atoms with Crippen molar-refractivity contribution in [1.82, 2.24) is 14.6 Å². The number of hydrogen-bond acceptors (Lipinski definition) is 13. The second-order valence-corrected chi connectivity index (χ2v) is 18.4. The number of hydrogen-bond donors (Lipinski definition) is 6. The van der Waals surface area contributed by atoms with Gasteiger partial charge in [0.15, 0.2) is 0 Å². The van der Waals surface area contributed by atoms with E-state index in [1.807, 2.05) is 20.8 Å². The third-order valence-electron chi connectivity index (χ3n) is 7.15. The van der Waals surface area contributed by atoms with Gasteiger partial charge in [-0.15, -0.1) is 0 Å². The molecule has 0 spiro atoms. The Morgan fingerprint density at radius 1 is 0.962 bits per heavy atom. The Balaban J connectivity index is 1.44. The fourth-order valence-electron chi connectivity index (χ4n) is 4.68. The molecule has 21 heteroatoms. The maximum Gasteiger partial charge on any atom is 0.490 e. The Kier molecular flexibility index (Phi) is 14.5. The molecular formula is C32H42ClN4O13P3. The van der Waals surface area contributed by atoms with Crippen molar-refractivity contribution in [3.63, 3.8) is 0 Å². The molecule has 0 radical (unpaired) electrons. The number of carbonyl (C=O) groups excluding carboxylic acids is 1. The number of esters is 1. The number of aryl methyl sites for hydroxylation is 1. The number of halogens is 1. The van der Waals surface area contributed by atoms with Gasteiger partial charge in [-0.25, -0.2) is 18.7 Å². The van der Waals surface area contributed by atoms with E-state index >= 15 is 0 Å². The second kappa shape index (κ2) is 18.0. The van der Waals surface area contributed by atoms with Crippen molar-refractivity contribution in [2.75, 3.05) is 18.9 Å². The lowest BCUT2D eigenvalue weighted by atomic mass is 9.98. The summed E-state index contributed by atoms with van der Waals surface area (Å²) in [4.78, 5) is 38.3. The van der Waals surface area contributed by atoms with Crippen molar-refractivity contribution in [2.45, 2.75) is 58.4 Å². The van der Waals surface area contributed by atoms with Crippen LogP contribution in [0.3, 0.4) is 0 Å². The molecule has 0 fully saturated rings. The number of nitrogen functional groups attached to an aromatic ring is 1. The zero-order valence-electron chi connectivity index (χ0n) is 28.9. The smallest absolute Gasteiger partial charge is 0.464 e. The molecule has 1 heterocycles. The number of phosphoric acid groups is 2. The highest BCUT2D eigenvalue weighted by atomic mass is 35.5. The van der Waals surface area contributed by atoms with Crippen LogP contribution in [0.15, 0.2) is 79.1 Å². The topological polar surface area (TPSA) is 251 Å². The number of benzene rings is 3. The maximum absolute atomic E-state index is 14.2. The first-order chi connectivity index (χ1) is 24.7. The second-order valence-electron chi connectivity index (χ2n) is 13.1. The zero-order chi connectivity index (χ0) is 39.0. The number of imidazole rings is 1. The summed E-state index contributed by atoms with van der Waals surface area (Å²) in [5, 5.41) is 23.6. The molecule has 5 unspecified atom stereocenters. The van der Waals surface area contributed by atoms with Crippen LogP contribution in [0.5, 0.6) is 5.75 Å². The number of rotatable bonds is 19. The number of aromatic nitrogens is 2. The van der Waals surface area contributed by atoms with E-state index in [0.29, 0.717) is 27.3 Å². The van der Waals surface area contributed by atoms with E-state index in [1.54, 1.807) is 47.0 Å². The highest BCUT2D eigenvalue weighted by molar-refractivity contribution is 7.68. The molecule has 53 heavy (non-hydrogen) atoms. The minimum atomic E-state index is -5.86. The average Bonchev–Trinajstić information content (AvgIpc) is 3.47. The highest BCUT2D eigenvalue weighted by Crippen LogP contribution is 2.67. The summed E-state index contributed by atoms with van der Waals surface area (Å²) in [6.45, 7) is 4.47. The Morgan fingerprint density at radius 2 is 1.60 bits per heavy atom. The first kappa shape index (κ1) is 42.6. The Morgan fingerprint density at radius 3 is 2.25 bits per heavy atom. The number of aliphatic hydroxyl groups excluding tert-OH is 2. The summed E-state index contributed by atoms with van der Waals surface area (Å²) in [5.41, 5.74) is 7.44. The lowest BCUT2D eigenvalue weighted by molar-refractivity contribution is -0.148. The first-order valence-electron chi connectivity index (χ1n) is 16.0. The number of nitrogens with two attached hydrogens (primary N) is 1. The molecule has 0 bridgehead atoms. The van der Waals surface area contributed by atoms with Crippen molar-refractivity contribution < 1.29 is 60.9 Å². The van der Waals surface area contributed by atoms with Crippen LogP contribution in [-0.2, 0) is 49.3 Å². The van der Waals surface area contributed by atoms with Crippen LogP contribution in [0.4, 0.5) is 5.69 Å². The number of anilines is 1. The molecule has 1 aromatic heterocycles. The quantitative estimate of drug-likeness (QED) is 0.0382. The van der Waals surface area contributed by atoms with Crippen LogP contribution >= 0.6 is 35.0 Å². The summed E-state index contributed by atoms with van der Waals surface area (Å²) in [6.07, 6.45) is -2.10. The van der Waals surface area contributed by atoms with Crippen molar-refractivity contribution >= 4 is 57.7 Å². The van der Waals surface area contributed by atoms with Gasteiger partial charge in [0, 0.05) is 11.6 Å². The molecule has 0 saturated heterocycles. The van der Waals surface area contributed by atoms with Crippen LogP contribution < -0.4 is 15.3 Å². The SMILES string of the molecule is CC(C)(C)COC(=O)[C@H](Cc1ccccc1)NP(=O)(Oc1ccccc1)OP(=O)(O)OP(=O)(O)OCC(O)C(O)CCn1cnc2c(N)cc(Cl)cc21. The lowest BCUT2D eigenvalue weighted by Gasteiger charge is -2.27. The highest BCUT2D eigenvalue weighted by Gasteiger charge is 2.46. The molecule has 17 nitrogen and oxygen atoms in total. The third-order valence-corrected chi connectivity index (χ3v) is 12.3. The van der Waals surface area contributed by atoms with E-state index < -0.39 is 59.6 Å². The zero-order valence-corrected chi connectivity index (χ0v) is 32.4. The predicted molar refractivity (Wildman–Crippen MR) is 196 cm³/mol. The fraction of sp³-hybridized carbons (Fsp3) is 0.375. The van der Waals surface area contributed by atoms with Gasteiger partial charge in [-0.2, -0.15) is 13.7 Å². The van der Waals surface area contributed by atoms with Gasteiger partial charge in [0.25, 0.3) is 0 Å². The number of nitrogens with zero attached hydrogens (tertiary/aromatic N) is 2. The monoisotopic (exact) mass is 818 g/mol. The molecule has 4 aromatic rings. The lowest BCUT2D eigenvalue weighted by Crippen LogP contribution is -2.40. The van der Waals surface area contributed by atoms with Gasteiger partial charge in [0.05, 0.1) is 36.8 Å². The molecule has 290 valence electrons. The van der Waals surface area contributed by atoms with Crippen LogP contribution in [0, 0.1) is 5.41 Å². The first-order valence-corrected chi connectivity index (χ1v) is 21.0. The largest absolute Gasteiger partial charge is 0.490 e. The molecule has 0 aliphatic rings. The maximum atomic E-state index is 14.2. The van der Waals surface area contributed by atoms with E-state index in [9.17, 15) is 38.5 Å². The summed E-state index contributed by atoms with van der Waals surface area (Å²) >= 11 is 6.08. The van der Waals surface area contributed by atoms with Gasteiger partial charge >= 0.3 is 29.4 Å². The summed E-state index contributed by atoms with van der Waals surface area (Å²) in [7, 11) is -16.6. The molecule has 0 aliphatic heterocycles. The number of aliphatic hydroxyl groups is 2. The standard InChI is InChI=1S/C32H42ClN4O13P3/c1-32(2,3)20-46-31(40)26(16-22-10-6-4-7-11-22)36-51(41,48-24-12-8-5-9-13-24)49-53(44,45)50-52(42,43)47-19-29(39)28(38)14-15-37-21-35-30-25(34)17-23(33)18-27(30)37/h4-13,17-18,21,26,28-29,38-39H,14-16,19-20,34H2,1-3H3,(H,36,41)(H,42,43)(H,44,45)/t26-,28?,29?,51?/m0/s1. The number of carbonyl (C=O) groups is 1. The van der Waals surface area contributed by atoms with Gasteiger partial charge in [-0.1, -0.05) is 80.9 Å². The van der Waals surface area contributed by atoms with E-state index in [4.69, 9.17) is 30.9 Å². The van der Waals surface area contributed by atoms with E-state index in [2.05, 4.69) is 18.9 Å². The van der Waals surface area contributed by atoms with Crippen molar-refractivity contribution in [1.29, 1.82) is 0 Å². The predicted octanol–water partition coefficient (Wildman–Crippen LogP) is 5.61. The average molecular weight is 819 g/mol. The Hall–Kier alpha value is -3.14. The van der Waals surface area contributed by atoms with Gasteiger partial charge in [-0.05, 0) is 48.1 Å². The number of para-hydroxylation sites is 1. The molecule has 3 aromatic carbocycles. The molecule has 6 atom stereocenters. The molecule has 4 rings (SSSR count). The third kappa shape index (κ3) is 13.6. The van der Waals surface area contributed by atoms with Crippen molar-refractivity contribution in [3.05, 3.63) is 89.7 Å². The molecule has 0 aliphatic carbocycles. The Labute approximate surface area is 310 Å². The van der Waals surface area contributed by atoms with E-state index in [0.717, 1.165) is 0 Å². The normalized spacial score (nSPS) is 17.2. The van der Waals surface area contributed by atoms with Gasteiger partial charge < -0.3 is 39.6 Å². The summed E-state index contributed by atoms with van der Waals surface area (Å²) in [5.74, 6) is -1.04. The van der Waals surface area contributed by atoms with Crippen molar-refractivity contribution in [3.8, 4) is 5.75 Å². The fourth-order valence-corrected chi connectivity index (χ4v) is 9.30. The van der Waals surface area contributed by atoms with Crippen LogP contribution in [0.2, 0.25) is 5.02 Å².